The molecule has 0 atom stereocenters. The van der Waals surface area contributed by atoms with Gasteiger partial charge in [-0.15, -0.1) is 12.4 Å². The van der Waals surface area contributed by atoms with Crippen LogP contribution in [-0.2, 0) is 6.61 Å². The molecule has 0 fully saturated rings. The van der Waals surface area contributed by atoms with Gasteiger partial charge in [-0.1, -0.05) is 42.5 Å². The quantitative estimate of drug-likeness (QED) is 0.548. The van der Waals surface area contributed by atoms with Crippen molar-refractivity contribution in [2.24, 2.45) is 5.73 Å². The Hall–Kier alpha value is -2.89. The first kappa shape index (κ1) is 22.4. The Balaban J connectivity index is 0.00000300. The first-order valence-corrected chi connectivity index (χ1v) is 9.11. The van der Waals surface area contributed by atoms with Gasteiger partial charge < -0.3 is 24.7 Å². The van der Waals surface area contributed by atoms with Crippen molar-refractivity contribution in [1.82, 2.24) is 0 Å². The molecule has 0 aliphatic carbocycles. The summed E-state index contributed by atoms with van der Waals surface area (Å²) in [6.07, 6.45) is 0. The molecule has 0 spiro atoms. The van der Waals surface area contributed by atoms with Gasteiger partial charge >= 0.3 is 0 Å². The fraction of sp³-hybridized carbons (Fsp3) is 0.217. The maximum absolute atomic E-state index is 6.06. The molecular weight excluding hydrogens is 390 g/mol. The summed E-state index contributed by atoms with van der Waals surface area (Å²) >= 11 is 0. The van der Waals surface area contributed by atoms with E-state index in [2.05, 4.69) is 0 Å². The zero-order chi connectivity index (χ0) is 19.8. The summed E-state index contributed by atoms with van der Waals surface area (Å²) in [5.41, 5.74) is 8.65. The molecule has 3 rings (SSSR count). The standard InChI is InChI=1S/C23H25NO4.ClH/c1-25-20-10-8-18(14-22(20)26-2)19-9-11-21(27-13-12-24)23(15-19)28-16-17-6-4-3-5-7-17;/h3-11,14-15H,12-13,16,24H2,1-2H3;1H. The number of hydrogen-bond acceptors (Lipinski definition) is 5. The number of halogens is 1. The molecule has 0 unspecified atom stereocenters. The van der Waals surface area contributed by atoms with E-state index in [-0.39, 0.29) is 12.4 Å². The van der Waals surface area contributed by atoms with Gasteiger partial charge in [0.15, 0.2) is 23.0 Å². The first-order chi connectivity index (χ1) is 13.7. The minimum absolute atomic E-state index is 0. The normalized spacial score (nSPS) is 10.0. The van der Waals surface area contributed by atoms with Crippen LogP contribution in [0.5, 0.6) is 23.0 Å². The second-order valence-electron chi connectivity index (χ2n) is 6.14. The Labute approximate surface area is 177 Å². The summed E-state index contributed by atoms with van der Waals surface area (Å²) in [6, 6.07) is 21.7. The molecular formula is C23H26ClNO4. The van der Waals surface area contributed by atoms with Crippen molar-refractivity contribution in [2.75, 3.05) is 27.4 Å². The van der Waals surface area contributed by atoms with Crippen LogP contribution in [0.1, 0.15) is 5.56 Å². The number of rotatable bonds is 9. The summed E-state index contributed by atoms with van der Waals surface area (Å²) in [5, 5.41) is 0. The van der Waals surface area contributed by atoms with Gasteiger partial charge in [0.2, 0.25) is 0 Å². The summed E-state index contributed by atoms with van der Waals surface area (Å²) < 4.78 is 22.6. The van der Waals surface area contributed by atoms with Gasteiger partial charge in [-0.05, 0) is 41.0 Å². The van der Waals surface area contributed by atoms with E-state index in [0.717, 1.165) is 16.7 Å². The minimum Gasteiger partial charge on any atom is -0.493 e. The van der Waals surface area contributed by atoms with Gasteiger partial charge in [-0.3, -0.25) is 0 Å². The number of nitrogens with two attached hydrogens (primary N) is 1. The molecule has 2 N–H and O–H groups in total. The summed E-state index contributed by atoms with van der Waals surface area (Å²) in [6.45, 7) is 1.32. The lowest BCUT2D eigenvalue weighted by molar-refractivity contribution is 0.266. The van der Waals surface area contributed by atoms with E-state index in [4.69, 9.17) is 24.7 Å². The maximum atomic E-state index is 6.06. The predicted molar refractivity (Wildman–Crippen MR) is 118 cm³/mol. The minimum atomic E-state index is 0. The Bertz CT molecular complexity index is 903. The van der Waals surface area contributed by atoms with E-state index >= 15 is 0 Å². The highest BCUT2D eigenvalue weighted by Crippen LogP contribution is 2.37. The van der Waals surface area contributed by atoms with Gasteiger partial charge in [0.25, 0.3) is 0 Å². The molecule has 154 valence electrons. The number of ether oxygens (including phenoxy) is 4. The monoisotopic (exact) mass is 415 g/mol. The maximum Gasteiger partial charge on any atom is 0.162 e. The lowest BCUT2D eigenvalue weighted by Crippen LogP contribution is -2.11. The summed E-state index contributed by atoms with van der Waals surface area (Å²) in [4.78, 5) is 0. The lowest BCUT2D eigenvalue weighted by Gasteiger charge is -2.15. The van der Waals surface area contributed by atoms with Crippen molar-refractivity contribution in [3.8, 4) is 34.1 Å². The van der Waals surface area contributed by atoms with Crippen molar-refractivity contribution in [3.05, 3.63) is 72.3 Å². The first-order valence-electron chi connectivity index (χ1n) is 9.11. The highest BCUT2D eigenvalue weighted by molar-refractivity contribution is 5.85. The van der Waals surface area contributed by atoms with E-state index < -0.39 is 0 Å². The van der Waals surface area contributed by atoms with Crippen LogP contribution in [0, 0.1) is 0 Å². The molecule has 3 aromatic rings. The van der Waals surface area contributed by atoms with Crippen LogP contribution in [0.4, 0.5) is 0 Å². The molecule has 0 aliphatic rings. The number of methoxy groups -OCH3 is 2. The van der Waals surface area contributed by atoms with Crippen molar-refractivity contribution >= 4 is 12.4 Å². The van der Waals surface area contributed by atoms with E-state index in [1.165, 1.54) is 0 Å². The van der Waals surface area contributed by atoms with E-state index in [9.17, 15) is 0 Å². The second-order valence-corrected chi connectivity index (χ2v) is 6.14. The van der Waals surface area contributed by atoms with Crippen LogP contribution in [0.25, 0.3) is 11.1 Å². The van der Waals surface area contributed by atoms with Crippen molar-refractivity contribution in [1.29, 1.82) is 0 Å². The van der Waals surface area contributed by atoms with Gasteiger partial charge in [0.05, 0.1) is 14.2 Å². The lowest BCUT2D eigenvalue weighted by atomic mass is 10.0. The smallest absolute Gasteiger partial charge is 0.162 e. The third kappa shape index (κ3) is 5.79. The highest BCUT2D eigenvalue weighted by Gasteiger charge is 2.11. The Kier molecular flexibility index (Phi) is 8.65. The molecule has 0 radical (unpaired) electrons. The van der Waals surface area contributed by atoms with Crippen LogP contribution in [0.3, 0.4) is 0 Å². The fourth-order valence-corrected chi connectivity index (χ4v) is 2.84. The largest absolute Gasteiger partial charge is 0.493 e. The molecule has 29 heavy (non-hydrogen) atoms. The average Bonchev–Trinajstić information content (AvgIpc) is 2.76. The van der Waals surface area contributed by atoms with Gasteiger partial charge in [-0.25, -0.2) is 0 Å². The Morgan fingerprint density at radius 2 is 1.31 bits per heavy atom. The van der Waals surface area contributed by atoms with Crippen molar-refractivity contribution in [3.63, 3.8) is 0 Å². The van der Waals surface area contributed by atoms with Crippen LogP contribution in [0.15, 0.2) is 66.7 Å². The topological polar surface area (TPSA) is 62.9 Å². The van der Waals surface area contributed by atoms with Gasteiger partial charge in [0, 0.05) is 6.54 Å². The van der Waals surface area contributed by atoms with Crippen molar-refractivity contribution < 1.29 is 18.9 Å². The fourth-order valence-electron chi connectivity index (χ4n) is 2.84. The van der Waals surface area contributed by atoms with E-state index in [0.29, 0.717) is 42.8 Å². The van der Waals surface area contributed by atoms with Crippen molar-refractivity contribution in [2.45, 2.75) is 6.61 Å². The van der Waals surface area contributed by atoms with Crippen LogP contribution < -0.4 is 24.7 Å². The Morgan fingerprint density at radius 1 is 0.690 bits per heavy atom. The third-order valence-corrected chi connectivity index (χ3v) is 4.27. The molecule has 0 aromatic heterocycles. The molecule has 0 bridgehead atoms. The van der Waals surface area contributed by atoms with Gasteiger partial charge in [0.1, 0.15) is 13.2 Å². The average molecular weight is 416 g/mol. The Morgan fingerprint density at radius 3 is 1.93 bits per heavy atom. The van der Waals surface area contributed by atoms with Crippen LogP contribution in [0.2, 0.25) is 0 Å². The molecule has 3 aromatic carbocycles. The zero-order valence-corrected chi connectivity index (χ0v) is 17.4. The second kappa shape index (κ2) is 11.2. The molecule has 5 nitrogen and oxygen atoms in total. The van der Waals surface area contributed by atoms with E-state index in [1.54, 1.807) is 14.2 Å². The molecule has 0 heterocycles. The number of benzene rings is 3. The van der Waals surface area contributed by atoms with E-state index in [1.807, 2.05) is 66.7 Å². The molecule has 0 amide bonds. The third-order valence-electron chi connectivity index (χ3n) is 4.27. The highest BCUT2D eigenvalue weighted by atomic mass is 35.5. The predicted octanol–water partition coefficient (Wildman–Crippen LogP) is 4.71. The molecule has 0 saturated heterocycles. The summed E-state index contributed by atoms with van der Waals surface area (Å²) in [5.74, 6) is 2.71. The van der Waals surface area contributed by atoms with Gasteiger partial charge in [-0.2, -0.15) is 0 Å². The molecule has 0 aliphatic heterocycles. The van der Waals surface area contributed by atoms with Crippen LogP contribution in [-0.4, -0.2) is 27.4 Å². The SMILES string of the molecule is COc1ccc(-c2ccc(OCCN)c(OCc3ccccc3)c2)cc1OC.Cl. The zero-order valence-electron chi connectivity index (χ0n) is 16.6. The number of hydrogen-bond donors (Lipinski definition) is 1. The van der Waals surface area contributed by atoms with Crippen LogP contribution >= 0.6 is 12.4 Å². The molecule has 6 heteroatoms. The molecule has 0 saturated carbocycles. The summed E-state index contributed by atoms with van der Waals surface area (Å²) in [7, 11) is 3.25.